The summed E-state index contributed by atoms with van der Waals surface area (Å²) in [5, 5.41) is 13.7. The molecule has 1 unspecified atom stereocenters. The molecule has 0 saturated carbocycles. The fourth-order valence-electron chi connectivity index (χ4n) is 2.03. The number of hydrogen-bond donors (Lipinski definition) is 2. The van der Waals surface area contributed by atoms with E-state index in [4.69, 9.17) is 5.11 Å². The molecule has 0 fully saturated rings. The number of thiazole rings is 1. The van der Waals surface area contributed by atoms with Crippen molar-refractivity contribution in [2.45, 2.75) is 39.2 Å². The summed E-state index contributed by atoms with van der Waals surface area (Å²) in [4.78, 5) is 17.2. The van der Waals surface area contributed by atoms with Crippen LogP contribution in [0.3, 0.4) is 0 Å². The zero-order chi connectivity index (χ0) is 13.8. The van der Waals surface area contributed by atoms with Gasteiger partial charge >= 0.3 is 0 Å². The van der Waals surface area contributed by atoms with Gasteiger partial charge in [-0.2, -0.15) is 0 Å². The van der Waals surface area contributed by atoms with Crippen LogP contribution in [-0.4, -0.2) is 33.0 Å². The van der Waals surface area contributed by atoms with Gasteiger partial charge in [-0.3, -0.25) is 9.20 Å². The van der Waals surface area contributed by atoms with E-state index in [1.807, 2.05) is 29.8 Å². The summed E-state index contributed by atoms with van der Waals surface area (Å²) >= 11 is 1.55. The standard InChI is InChI=1S/C13H19N3O2S/c1-9(4-3-5-17)14-12(18)6-11-8-19-13-15-10(2)7-16(11)13/h7-9,17H,3-6H2,1-2H3,(H,14,18). The van der Waals surface area contributed by atoms with Crippen LogP contribution in [-0.2, 0) is 11.2 Å². The molecule has 2 heterocycles. The third-order valence-electron chi connectivity index (χ3n) is 2.95. The molecular formula is C13H19N3O2S. The van der Waals surface area contributed by atoms with Gasteiger partial charge in [0.2, 0.25) is 5.91 Å². The molecule has 5 nitrogen and oxygen atoms in total. The van der Waals surface area contributed by atoms with E-state index in [-0.39, 0.29) is 18.6 Å². The molecule has 2 aromatic rings. The van der Waals surface area contributed by atoms with Crippen LogP contribution in [0.25, 0.3) is 4.96 Å². The Balaban J connectivity index is 1.95. The van der Waals surface area contributed by atoms with E-state index in [0.717, 1.165) is 22.8 Å². The van der Waals surface area contributed by atoms with E-state index in [9.17, 15) is 4.79 Å². The van der Waals surface area contributed by atoms with Crippen molar-refractivity contribution in [1.29, 1.82) is 0 Å². The fraction of sp³-hybridized carbons (Fsp3) is 0.538. The Hall–Kier alpha value is -1.40. The van der Waals surface area contributed by atoms with Crippen LogP contribution in [0.4, 0.5) is 0 Å². The zero-order valence-corrected chi connectivity index (χ0v) is 12.0. The molecule has 0 aliphatic carbocycles. The van der Waals surface area contributed by atoms with Crippen molar-refractivity contribution in [1.82, 2.24) is 14.7 Å². The number of nitrogens with one attached hydrogen (secondary N) is 1. The van der Waals surface area contributed by atoms with Crippen molar-refractivity contribution in [3.05, 3.63) is 23.0 Å². The maximum atomic E-state index is 11.9. The first-order chi connectivity index (χ1) is 9.10. The number of hydrogen-bond acceptors (Lipinski definition) is 4. The molecule has 0 aromatic carbocycles. The van der Waals surface area contributed by atoms with Gasteiger partial charge in [-0.1, -0.05) is 0 Å². The van der Waals surface area contributed by atoms with Gasteiger partial charge < -0.3 is 10.4 Å². The molecule has 0 spiro atoms. The smallest absolute Gasteiger partial charge is 0.226 e. The molecular weight excluding hydrogens is 262 g/mol. The highest BCUT2D eigenvalue weighted by molar-refractivity contribution is 7.15. The summed E-state index contributed by atoms with van der Waals surface area (Å²) < 4.78 is 1.97. The van der Waals surface area contributed by atoms with Gasteiger partial charge in [0.1, 0.15) is 0 Å². The lowest BCUT2D eigenvalue weighted by Crippen LogP contribution is -2.34. The number of amides is 1. The normalized spacial score (nSPS) is 12.8. The van der Waals surface area contributed by atoms with E-state index in [1.54, 1.807) is 11.3 Å². The van der Waals surface area contributed by atoms with Crippen LogP contribution in [0.5, 0.6) is 0 Å². The van der Waals surface area contributed by atoms with Crippen molar-refractivity contribution in [3.8, 4) is 0 Å². The maximum absolute atomic E-state index is 11.9. The van der Waals surface area contributed by atoms with Crippen molar-refractivity contribution in [2.75, 3.05) is 6.61 Å². The van der Waals surface area contributed by atoms with Gasteiger partial charge in [-0.05, 0) is 26.7 Å². The molecule has 2 aromatic heterocycles. The molecule has 2 N–H and O–H groups in total. The summed E-state index contributed by atoms with van der Waals surface area (Å²) in [6, 6.07) is 0.0956. The predicted molar refractivity (Wildman–Crippen MR) is 75.4 cm³/mol. The Morgan fingerprint density at radius 1 is 1.63 bits per heavy atom. The molecule has 0 radical (unpaired) electrons. The van der Waals surface area contributed by atoms with Crippen LogP contribution in [0, 0.1) is 6.92 Å². The third-order valence-corrected chi connectivity index (χ3v) is 3.84. The maximum Gasteiger partial charge on any atom is 0.226 e. The van der Waals surface area contributed by atoms with Crippen LogP contribution >= 0.6 is 11.3 Å². The van der Waals surface area contributed by atoms with Crippen molar-refractivity contribution in [2.24, 2.45) is 0 Å². The fourth-order valence-corrected chi connectivity index (χ4v) is 2.95. The van der Waals surface area contributed by atoms with Gasteiger partial charge in [0, 0.05) is 29.9 Å². The summed E-state index contributed by atoms with van der Waals surface area (Å²) in [6.07, 6.45) is 3.82. The van der Waals surface area contributed by atoms with Crippen LogP contribution in [0.1, 0.15) is 31.2 Å². The number of fused-ring (bicyclic) bond motifs is 1. The van der Waals surface area contributed by atoms with Crippen molar-refractivity contribution in [3.63, 3.8) is 0 Å². The highest BCUT2D eigenvalue weighted by Gasteiger charge is 2.12. The first-order valence-corrected chi connectivity index (χ1v) is 7.30. The quantitative estimate of drug-likeness (QED) is 0.843. The lowest BCUT2D eigenvalue weighted by Gasteiger charge is -2.12. The Morgan fingerprint density at radius 2 is 2.42 bits per heavy atom. The lowest BCUT2D eigenvalue weighted by molar-refractivity contribution is -0.121. The Morgan fingerprint density at radius 3 is 3.16 bits per heavy atom. The second-order valence-electron chi connectivity index (χ2n) is 4.77. The SMILES string of the molecule is Cc1cn2c(CC(=O)NC(C)CCCO)csc2n1. The minimum atomic E-state index is 0.0106. The number of nitrogens with zero attached hydrogens (tertiary/aromatic N) is 2. The largest absolute Gasteiger partial charge is 0.396 e. The second kappa shape index (κ2) is 6.16. The third kappa shape index (κ3) is 3.54. The van der Waals surface area contributed by atoms with Crippen molar-refractivity contribution < 1.29 is 9.90 Å². The second-order valence-corrected chi connectivity index (χ2v) is 5.61. The Labute approximate surface area is 116 Å². The van der Waals surface area contributed by atoms with Gasteiger partial charge in [0.05, 0.1) is 12.1 Å². The number of imidazole rings is 1. The number of rotatable bonds is 6. The molecule has 6 heteroatoms. The van der Waals surface area contributed by atoms with Gasteiger partial charge in [0.15, 0.2) is 4.96 Å². The molecule has 0 aliphatic rings. The molecule has 2 rings (SSSR count). The van der Waals surface area contributed by atoms with Gasteiger partial charge in [-0.25, -0.2) is 4.98 Å². The average Bonchev–Trinajstić information content (AvgIpc) is 2.87. The highest BCUT2D eigenvalue weighted by Crippen LogP contribution is 2.16. The number of carbonyl (C=O) groups is 1. The average molecular weight is 281 g/mol. The minimum absolute atomic E-state index is 0.0106. The first-order valence-electron chi connectivity index (χ1n) is 6.42. The predicted octanol–water partition coefficient (Wildman–Crippen LogP) is 1.52. The Kier molecular flexibility index (Phi) is 4.55. The monoisotopic (exact) mass is 281 g/mol. The summed E-state index contributed by atoms with van der Waals surface area (Å²) in [6.45, 7) is 4.07. The van der Waals surface area contributed by atoms with E-state index in [2.05, 4.69) is 10.3 Å². The summed E-state index contributed by atoms with van der Waals surface area (Å²) in [5.74, 6) is 0.0106. The molecule has 104 valence electrons. The summed E-state index contributed by atoms with van der Waals surface area (Å²) in [7, 11) is 0. The minimum Gasteiger partial charge on any atom is -0.396 e. The molecule has 1 atom stereocenters. The lowest BCUT2D eigenvalue weighted by atomic mass is 10.2. The topological polar surface area (TPSA) is 66.6 Å². The van der Waals surface area contributed by atoms with Gasteiger partial charge in [-0.15, -0.1) is 11.3 Å². The number of aromatic nitrogens is 2. The van der Waals surface area contributed by atoms with Crippen LogP contribution < -0.4 is 5.32 Å². The van der Waals surface area contributed by atoms with Gasteiger partial charge in [0.25, 0.3) is 0 Å². The van der Waals surface area contributed by atoms with E-state index >= 15 is 0 Å². The molecule has 0 aliphatic heterocycles. The van der Waals surface area contributed by atoms with Crippen molar-refractivity contribution >= 4 is 22.2 Å². The number of aryl methyl sites for hydroxylation is 1. The van der Waals surface area contributed by atoms with E-state index < -0.39 is 0 Å². The van der Waals surface area contributed by atoms with Crippen LogP contribution in [0.2, 0.25) is 0 Å². The highest BCUT2D eigenvalue weighted by atomic mass is 32.1. The Bertz CT molecular complexity index is 561. The summed E-state index contributed by atoms with van der Waals surface area (Å²) in [5.41, 5.74) is 1.93. The number of carbonyl (C=O) groups excluding carboxylic acids is 1. The van der Waals surface area contributed by atoms with Crippen LogP contribution in [0.15, 0.2) is 11.6 Å². The van der Waals surface area contributed by atoms with E-state index in [0.29, 0.717) is 12.8 Å². The zero-order valence-electron chi connectivity index (χ0n) is 11.2. The molecule has 0 bridgehead atoms. The molecule has 0 saturated heterocycles. The number of aliphatic hydroxyl groups is 1. The molecule has 1 amide bonds. The first kappa shape index (κ1) is 14.0. The van der Waals surface area contributed by atoms with E-state index in [1.165, 1.54) is 0 Å². The number of aliphatic hydroxyl groups excluding tert-OH is 1. The molecule has 19 heavy (non-hydrogen) atoms.